The highest BCUT2D eigenvalue weighted by Gasteiger charge is 2.35. The third kappa shape index (κ3) is 5.14. The Balaban J connectivity index is 1.44. The van der Waals surface area contributed by atoms with Crippen LogP contribution >= 0.6 is 0 Å². The first-order chi connectivity index (χ1) is 18.1. The number of hydrazone groups is 1. The van der Waals surface area contributed by atoms with E-state index in [0.717, 1.165) is 22.6 Å². The zero-order valence-electron chi connectivity index (χ0n) is 20.6. The Bertz CT molecular complexity index is 1290. The molecule has 2 aromatic carbocycles. The summed E-state index contributed by atoms with van der Waals surface area (Å²) in [4.78, 5) is 28.1. The summed E-state index contributed by atoms with van der Waals surface area (Å²) in [6.45, 7) is 0.456. The Morgan fingerprint density at radius 2 is 1.89 bits per heavy atom. The van der Waals surface area contributed by atoms with E-state index in [2.05, 4.69) is 0 Å². The Labute approximate surface area is 214 Å². The van der Waals surface area contributed by atoms with Crippen LogP contribution in [0.15, 0.2) is 70.4 Å². The second-order valence-electron chi connectivity index (χ2n) is 8.54. The van der Waals surface area contributed by atoms with E-state index in [0.29, 0.717) is 17.9 Å². The summed E-state index contributed by atoms with van der Waals surface area (Å²) in [6.07, 6.45) is 1.91. The van der Waals surface area contributed by atoms with E-state index in [9.17, 15) is 9.59 Å². The zero-order valence-corrected chi connectivity index (χ0v) is 20.6. The van der Waals surface area contributed by atoms with Gasteiger partial charge in [0, 0.05) is 20.1 Å². The molecule has 2 aliphatic heterocycles. The molecule has 0 bridgehead atoms. The Morgan fingerprint density at radius 3 is 2.62 bits per heavy atom. The SMILES string of the molecule is COCCN(CC(=O)N1N=C(c2ccc(OC)cc2)CC1c1ccc2c(c1)OCO2)C(=O)c1ccco1. The van der Waals surface area contributed by atoms with Crippen LogP contribution in [0.2, 0.25) is 0 Å². The predicted octanol–water partition coefficient (Wildman–Crippen LogP) is 3.48. The molecule has 0 saturated carbocycles. The zero-order chi connectivity index (χ0) is 25.8. The maximum Gasteiger partial charge on any atom is 0.290 e. The first-order valence-corrected chi connectivity index (χ1v) is 11.8. The maximum absolute atomic E-state index is 13.7. The molecule has 192 valence electrons. The number of furan rings is 1. The molecule has 1 atom stereocenters. The van der Waals surface area contributed by atoms with Gasteiger partial charge in [-0.05, 0) is 59.7 Å². The molecule has 10 nitrogen and oxygen atoms in total. The molecule has 3 heterocycles. The van der Waals surface area contributed by atoms with Gasteiger partial charge >= 0.3 is 0 Å². The second kappa shape index (κ2) is 10.8. The van der Waals surface area contributed by atoms with Crippen LogP contribution < -0.4 is 14.2 Å². The summed E-state index contributed by atoms with van der Waals surface area (Å²) in [7, 11) is 3.15. The fourth-order valence-electron chi connectivity index (χ4n) is 4.32. The molecule has 0 fully saturated rings. The van der Waals surface area contributed by atoms with Crippen LogP contribution in [0, 0.1) is 0 Å². The summed E-state index contributed by atoms with van der Waals surface area (Å²) in [6, 6.07) is 15.9. The van der Waals surface area contributed by atoms with Crippen molar-refractivity contribution in [2.75, 3.05) is 40.7 Å². The van der Waals surface area contributed by atoms with Gasteiger partial charge in [-0.1, -0.05) is 6.07 Å². The van der Waals surface area contributed by atoms with E-state index in [1.54, 1.807) is 26.4 Å². The van der Waals surface area contributed by atoms with E-state index in [4.69, 9.17) is 28.5 Å². The largest absolute Gasteiger partial charge is 0.497 e. The smallest absolute Gasteiger partial charge is 0.290 e. The van der Waals surface area contributed by atoms with Crippen molar-refractivity contribution in [3.05, 3.63) is 77.7 Å². The number of carbonyl (C=O) groups excluding carboxylic acids is 2. The minimum absolute atomic E-state index is 0.153. The quantitative estimate of drug-likeness (QED) is 0.439. The fourth-order valence-corrected chi connectivity index (χ4v) is 4.32. The number of benzene rings is 2. The molecule has 0 aliphatic carbocycles. The Kier molecular flexibility index (Phi) is 7.09. The van der Waals surface area contributed by atoms with Crippen molar-refractivity contribution >= 4 is 17.5 Å². The molecule has 1 aromatic heterocycles. The Morgan fingerprint density at radius 1 is 1.08 bits per heavy atom. The molecule has 3 aromatic rings. The van der Waals surface area contributed by atoms with Gasteiger partial charge in [0.15, 0.2) is 17.3 Å². The monoisotopic (exact) mass is 505 g/mol. The van der Waals surface area contributed by atoms with Crippen molar-refractivity contribution in [2.24, 2.45) is 5.10 Å². The number of methoxy groups -OCH3 is 2. The Hall–Kier alpha value is -4.31. The summed E-state index contributed by atoms with van der Waals surface area (Å²) in [5.41, 5.74) is 2.48. The van der Waals surface area contributed by atoms with Gasteiger partial charge in [0.2, 0.25) is 6.79 Å². The minimum Gasteiger partial charge on any atom is -0.497 e. The lowest BCUT2D eigenvalue weighted by Gasteiger charge is -2.26. The van der Waals surface area contributed by atoms with Crippen LogP contribution in [0.1, 0.15) is 34.1 Å². The molecule has 0 spiro atoms. The number of rotatable bonds is 9. The lowest BCUT2D eigenvalue weighted by Crippen LogP contribution is -2.42. The van der Waals surface area contributed by atoms with Crippen molar-refractivity contribution < 1.29 is 33.0 Å². The van der Waals surface area contributed by atoms with Crippen LogP contribution in [0.5, 0.6) is 17.2 Å². The van der Waals surface area contributed by atoms with Crippen LogP contribution in [0.3, 0.4) is 0 Å². The number of ether oxygens (including phenoxy) is 4. The standard InChI is InChI=1S/C27H27N3O7/c1-33-13-11-29(27(32)24-4-3-12-35-24)16-26(31)30-22(19-7-10-23-25(14-19)37-17-36-23)15-21(28-30)18-5-8-20(34-2)9-6-18/h3-10,12,14,22H,11,13,15-17H2,1-2H3. The third-order valence-electron chi connectivity index (χ3n) is 6.28. The molecule has 0 N–H and O–H groups in total. The molecular formula is C27H27N3O7. The summed E-state index contributed by atoms with van der Waals surface area (Å²) in [5, 5.41) is 6.17. The van der Waals surface area contributed by atoms with Crippen LogP contribution in [0.4, 0.5) is 0 Å². The predicted molar refractivity (Wildman–Crippen MR) is 133 cm³/mol. The lowest BCUT2D eigenvalue weighted by atomic mass is 9.98. The maximum atomic E-state index is 13.7. The van der Waals surface area contributed by atoms with Gasteiger partial charge in [-0.3, -0.25) is 9.59 Å². The number of hydrogen-bond donors (Lipinski definition) is 0. The average molecular weight is 506 g/mol. The topological polar surface area (TPSA) is 103 Å². The van der Waals surface area contributed by atoms with Crippen molar-refractivity contribution in [3.63, 3.8) is 0 Å². The number of hydrogen-bond acceptors (Lipinski definition) is 8. The van der Waals surface area contributed by atoms with Gasteiger partial charge in [0.25, 0.3) is 11.8 Å². The third-order valence-corrected chi connectivity index (χ3v) is 6.28. The van der Waals surface area contributed by atoms with E-state index < -0.39 is 5.91 Å². The van der Waals surface area contributed by atoms with Crippen molar-refractivity contribution in [2.45, 2.75) is 12.5 Å². The van der Waals surface area contributed by atoms with Crippen molar-refractivity contribution in [1.29, 1.82) is 0 Å². The van der Waals surface area contributed by atoms with Crippen LogP contribution in [0.25, 0.3) is 0 Å². The van der Waals surface area contributed by atoms with Gasteiger partial charge in [-0.25, -0.2) is 5.01 Å². The molecule has 37 heavy (non-hydrogen) atoms. The first-order valence-electron chi connectivity index (χ1n) is 11.8. The molecule has 0 radical (unpaired) electrons. The molecule has 1 unspecified atom stereocenters. The summed E-state index contributed by atoms with van der Waals surface area (Å²) < 4.78 is 26.7. The van der Waals surface area contributed by atoms with E-state index in [1.165, 1.54) is 16.2 Å². The minimum atomic E-state index is -0.395. The molecule has 2 aliphatic rings. The van der Waals surface area contributed by atoms with Crippen molar-refractivity contribution in [1.82, 2.24) is 9.91 Å². The van der Waals surface area contributed by atoms with E-state index >= 15 is 0 Å². The highest BCUT2D eigenvalue weighted by molar-refractivity contribution is 6.03. The fraction of sp³-hybridized carbons (Fsp3) is 0.296. The number of carbonyl (C=O) groups is 2. The van der Waals surface area contributed by atoms with Gasteiger partial charge in [0.05, 0.1) is 31.7 Å². The molecule has 0 saturated heterocycles. The summed E-state index contributed by atoms with van der Waals surface area (Å²) in [5.74, 6) is 1.44. The van der Waals surface area contributed by atoms with Gasteiger partial charge in [0.1, 0.15) is 12.3 Å². The normalized spacial score (nSPS) is 16.0. The molecule has 10 heteroatoms. The van der Waals surface area contributed by atoms with E-state index in [1.807, 2.05) is 42.5 Å². The lowest BCUT2D eigenvalue weighted by molar-refractivity contribution is -0.133. The van der Waals surface area contributed by atoms with Crippen LogP contribution in [-0.4, -0.2) is 68.1 Å². The molecule has 5 rings (SSSR count). The van der Waals surface area contributed by atoms with Gasteiger partial charge in [-0.15, -0.1) is 0 Å². The molecule has 2 amide bonds. The molecular weight excluding hydrogens is 478 g/mol. The number of amides is 2. The van der Waals surface area contributed by atoms with Crippen LogP contribution in [-0.2, 0) is 9.53 Å². The van der Waals surface area contributed by atoms with Gasteiger partial charge in [-0.2, -0.15) is 5.10 Å². The summed E-state index contributed by atoms with van der Waals surface area (Å²) >= 11 is 0. The number of fused-ring (bicyclic) bond motifs is 1. The highest BCUT2D eigenvalue weighted by atomic mass is 16.7. The average Bonchev–Trinajstić information content (AvgIpc) is 3.71. The van der Waals surface area contributed by atoms with E-state index in [-0.39, 0.29) is 44.2 Å². The van der Waals surface area contributed by atoms with Gasteiger partial charge < -0.3 is 28.3 Å². The second-order valence-corrected chi connectivity index (χ2v) is 8.54. The first kappa shape index (κ1) is 24.4. The number of nitrogens with zero attached hydrogens (tertiary/aromatic N) is 3. The van der Waals surface area contributed by atoms with Crippen molar-refractivity contribution in [3.8, 4) is 17.2 Å². The highest BCUT2D eigenvalue weighted by Crippen LogP contribution is 2.39.